The summed E-state index contributed by atoms with van der Waals surface area (Å²) in [6, 6.07) is 3.64. The van der Waals surface area contributed by atoms with Gasteiger partial charge in [0.25, 0.3) is 0 Å². The highest BCUT2D eigenvalue weighted by Gasteiger charge is 2.30. The van der Waals surface area contributed by atoms with Crippen LogP contribution < -0.4 is 0 Å². The van der Waals surface area contributed by atoms with Crippen LogP contribution in [0.25, 0.3) is 0 Å². The second-order valence-electron chi connectivity index (χ2n) is 4.36. The number of aryl methyl sites for hydroxylation is 1. The number of carbonyl (C=O) groups excluding carboxylic acids is 1. The van der Waals surface area contributed by atoms with Crippen molar-refractivity contribution in [2.45, 2.75) is 26.3 Å². The van der Waals surface area contributed by atoms with Crippen LogP contribution >= 0.6 is 0 Å². The Morgan fingerprint density at radius 2 is 2.35 bits per heavy atom. The van der Waals surface area contributed by atoms with Crippen molar-refractivity contribution in [1.29, 1.82) is 0 Å². The predicted octanol–water partition coefficient (Wildman–Crippen LogP) is 1.41. The Morgan fingerprint density at radius 3 is 2.94 bits per heavy atom. The molecular weight excluding hydrogens is 222 g/mol. The van der Waals surface area contributed by atoms with Crippen molar-refractivity contribution < 1.29 is 19.1 Å². The van der Waals surface area contributed by atoms with E-state index in [1.807, 2.05) is 19.1 Å². The Morgan fingerprint density at radius 1 is 1.59 bits per heavy atom. The first kappa shape index (κ1) is 11.7. The molecule has 0 aliphatic carbocycles. The van der Waals surface area contributed by atoms with Crippen molar-refractivity contribution in [2.24, 2.45) is 5.92 Å². The van der Waals surface area contributed by atoms with Crippen molar-refractivity contribution in [3.63, 3.8) is 0 Å². The number of carboxylic acids is 1. The highest BCUT2D eigenvalue weighted by Crippen LogP contribution is 2.20. The number of carbonyl (C=O) groups is 2. The van der Waals surface area contributed by atoms with Gasteiger partial charge in [0.2, 0.25) is 5.91 Å². The molecule has 0 radical (unpaired) electrons. The van der Waals surface area contributed by atoms with Gasteiger partial charge in [0.05, 0.1) is 12.5 Å². The number of likely N-dealkylation sites (tertiary alicyclic amines) is 1. The predicted molar refractivity (Wildman–Crippen MR) is 59.2 cm³/mol. The summed E-state index contributed by atoms with van der Waals surface area (Å²) in [7, 11) is 0. The lowest BCUT2D eigenvalue weighted by molar-refractivity contribution is -0.147. The summed E-state index contributed by atoms with van der Waals surface area (Å²) < 4.78 is 5.39. The molecule has 0 aromatic carbocycles. The van der Waals surface area contributed by atoms with E-state index in [-0.39, 0.29) is 12.5 Å². The van der Waals surface area contributed by atoms with E-state index in [0.717, 1.165) is 5.76 Å². The quantitative estimate of drug-likeness (QED) is 0.862. The molecule has 1 aromatic heterocycles. The molecule has 1 unspecified atom stereocenters. The van der Waals surface area contributed by atoms with Crippen molar-refractivity contribution in [3.8, 4) is 0 Å². The largest absolute Gasteiger partial charge is 0.481 e. The molecule has 0 saturated carbocycles. The Balaban J connectivity index is 2.03. The van der Waals surface area contributed by atoms with Crippen molar-refractivity contribution >= 4 is 11.9 Å². The van der Waals surface area contributed by atoms with Crippen LogP contribution in [-0.4, -0.2) is 28.4 Å². The fraction of sp³-hybridized carbons (Fsp3) is 0.500. The molecule has 17 heavy (non-hydrogen) atoms. The van der Waals surface area contributed by atoms with E-state index in [0.29, 0.717) is 25.1 Å². The maximum absolute atomic E-state index is 11.7. The van der Waals surface area contributed by atoms with Gasteiger partial charge in [-0.05, 0) is 25.5 Å². The first-order valence-corrected chi connectivity index (χ1v) is 5.62. The molecule has 5 nitrogen and oxygen atoms in total. The third kappa shape index (κ3) is 2.67. The molecule has 2 rings (SSSR count). The van der Waals surface area contributed by atoms with E-state index >= 15 is 0 Å². The number of carboxylic acid groups (broad SMARTS) is 1. The molecule has 0 bridgehead atoms. The third-order valence-corrected chi connectivity index (χ3v) is 2.99. The molecule has 1 atom stereocenters. The molecule has 1 aromatic rings. The summed E-state index contributed by atoms with van der Waals surface area (Å²) in [5.41, 5.74) is 0. The zero-order chi connectivity index (χ0) is 12.4. The van der Waals surface area contributed by atoms with Crippen molar-refractivity contribution in [2.75, 3.05) is 6.54 Å². The van der Waals surface area contributed by atoms with E-state index in [9.17, 15) is 9.59 Å². The zero-order valence-electron chi connectivity index (χ0n) is 9.68. The van der Waals surface area contributed by atoms with Crippen LogP contribution in [0, 0.1) is 12.8 Å². The molecule has 1 saturated heterocycles. The first-order valence-electron chi connectivity index (χ1n) is 5.62. The number of amides is 1. The summed E-state index contributed by atoms with van der Waals surface area (Å²) in [6.45, 7) is 2.46. The number of hydrogen-bond donors (Lipinski definition) is 1. The number of rotatable bonds is 3. The van der Waals surface area contributed by atoms with Gasteiger partial charge in [-0.2, -0.15) is 0 Å². The van der Waals surface area contributed by atoms with E-state index < -0.39 is 11.9 Å². The fourth-order valence-electron chi connectivity index (χ4n) is 2.03. The van der Waals surface area contributed by atoms with Crippen molar-refractivity contribution in [1.82, 2.24) is 4.90 Å². The summed E-state index contributed by atoms with van der Waals surface area (Å²) in [4.78, 5) is 24.1. The Hall–Kier alpha value is -1.78. The Bertz CT molecular complexity index is 437. The Kier molecular flexibility index (Phi) is 3.17. The number of nitrogens with zero attached hydrogens (tertiary/aromatic N) is 1. The van der Waals surface area contributed by atoms with Gasteiger partial charge in [0.15, 0.2) is 0 Å². The molecule has 1 N–H and O–H groups in total. The third-order valence-electron chi connectivity index (χ3n) is 2.99. The van der Waals surface area contributed by atoms with Crippen molar-refractivity contribution in [3.05, 3.63) is 23.7 Å². The lowest BCUT2D eigenvalue weighted by Crippen LogP contribution is -2.41. The lowest BCUT2D eigenvalue weighted by Gasteiger charge is -2.29. The van der Waals surface area contributed by atoms with Crippen LogP contribution in [-0.2, 0) is 16.1 Å². The minimum absolute atomic E-state index is 0.00319. The summed E-state index contributed by atoms with van der Waals surface area (Å²) >= 11 is 0. The summed E-state index contributed by atoms with van der Waals surface area (Å²) in [6.07, 6.45) is 0.735. The normalized spacial score (nSPS) is 20.6. The number of piperidine rings is 1. The smallest absolute Gasteiger partial charge is 0.308 e. The maximum atomic E-state index is 11.7. The molecule has 1 aliphatic heterocycles. The van der Waals surface area contributed by atoms with E-state index in [2.05, 4.69) is 0 Å². The van der Waals surface area contributed by atoms with E-state index in [1.54, 1.807) is 4.90 Å². The average molecular weight is 237 g/mol. The SMILES string of the molecule is Cc1ccc(CN2CC(C(=O)O)CCC2=O)o1. The standard InChI is InChI=1S/C12H15NO4/c1-8-2-4-10(17-8)7-13-6-9(12(15)16)3-5-11(13)14/h2,4,9H,3,5-7H2,1H3,(H,15,16). The van der Waals surface area contributed by atoms with Gasteiger partial charge in [-0.15, -0.1) is 0 Å². The van der Waals surface area contributed by atoms with Crippen LogP contribution in [0.1, 0.15) is 24.4 Å². The van der Waals surface area contributed by atoms with Crippen LogP contribution in [0.5, 0.6) is 0 Å². The van der Waals surface area contributed by atoms with Gasteiger partial charge in [-0.1, -0.05) is 0 Å². The van der Waals surface area contributed by atoms with Gasteiger partial charge in [0.1, 0.15) is 11.5 Å². The lowest BCUT2D eigenvalue weighted by atomic mass is 9.98. The van der Waals surface area contributed by atoms with E-state index in [1.165, 1.54) is 0 Å². The van der Waals surface area contributed by atoms with Crippen LogP contribution in [0.2, 0.25) is 0 Å². The summed E-state index contributed by atoms with van der Waals surface area (Å²) in [5, 5.41) is 8.95. The molecule has 2 heterocycles. The average Bonchev–Trinajstić information content (AvgIpc) is 2.67. The van der Waals surface area contributed by atoms with Gasteiger partial charge in [0, 0.05) is 13.0 Å². The summed E-state index contributed by atoms with van der Waals surface area (Å²) in [5.74, 6) is 0.194. The first-order chi connectivity index (χ1) is 8.06. The van der Waals surface area contributed by atoms with Gasteiger partial charge in [-0.25, -0.2) is 0 Å². The minimum Gasteiger partial charge on any atom is -0.481 e. The highest BCUT2D eigenvalue weighted by atomic mass is 16.4. The number of hydrogen-bond acceptors (Lipinski definition) is 3. The molecule has 1 aliphatic rings. The second kappa shape index (κ2) is 4.61. The monoisotopic (exact) mass is 237 g/mol. The molecule has 0 spiro atoms. The van der Waals surface area contributed by atoms with Crippen LogP contribution in [0.15, 0.2) is 16.5 Å². The van der Waals surface area contributed by atoms with Gasteiger partial charge >= 0.3 is 5.97 Å². The second-order valence-corrected chi connectivity index (χ2v) is 4.36. The molecule has 5 heteroatoms. The van der Waals surface area contributed by atoms with Gasteiger partial charge < -0.3 is 14.4 Å². The molecule has 1 fully saturated rings. The van der Waals surface area contributed by atoms with Crippen LogP contribution in [0.3, 0.4) is 0 Å². The molecular formula is C12H15NO4. The molecule has 1 amide bonds. The zero-order valence-corrected chi connectivity index (χ0v) is 9.68. The van der Waals surface area contributed by atoms with E-state index in [4.69, 9.17) is 9.52 Å². The highest BCUT2D eigenvalue weighted by molar-refractivity contribution is 5.80. The van der Waals surface area contributed by atoms with Crippen LogP contribution in [0.4, 0.5) is 0 Å². The minimum atomic E-state index is -0.835. The maximum Gasteiger partial charge on any atom is 0.308 e. The molecule has 92 valence electrons. The fourth-order valence-corrected chi connectivity index (χ4v) is 2.03. The van der Waals surface area contributed by atoms with Gasteiger partial charge in [-0.3, -0.25) is 9.59 Å². The number of aliphatic carboxylic acids is 1. The Labute approximate surface area is 99.0 Å². The topological polar surface area (TPSA) is 70.8 Å². The number of furan rings is 1.